The molecule has 3 rings (SSSR count). The second kappa shape index (κ2) is 9.16. The van der Waals surface area contributed by atoms with Crippen molar-refractivity contribution in [2.75, 3.05) is 20.2 Å². The first-order valence-electron chi connectivity index (χ1n) is 9.38. The molecule has 1 saturated heterocycles. The fourth-order valence-electron chi connectivity index (χ4n) is 3.23. The number of carbonyl (C=O) groups excluding carboxylic acids is 2. The van der Waals surface area contributed by atoms with Gasteiger partial charge in [0.1, 0.15) is 17.3 Å². The van der Waals surface area contributed by atoms with Crippen LogP contribution in [0.25, 0.3) is 0 Å². The van der Waals surface area contributed by atoms with Crippen LogP contribution in [0.5, 0.6) is 5.75 Å². The van der Waals surface area contributed by atoms with E-state index in [0.29, 0.717) is 30.0 Å². The lowest BCUT2D eigenvalue weighted by Gasteiger charge is -2.17. The summed E-state index contributed by atoms with van der Waals surface area (Å²) in [4.78, 5) is 24.1. The number of ketones is 1. The van der Waals surface area contributed by atoms with Gasteiger partial charge in [0, 0.05) is 24.2 Å². The van der Waals surface area contributed by atoms with Crippen LogP contribution in [0.1, 0.15) is 46.0 Å². The third-order valence-corrected chi connectivity index (χ3v) is 7.28. The highest BCUT2D eigenvalue weighted by molar-refractivity contribution is 7.89. The summed E-state index contributed by atoms with van der Waals surface area (Å²) in [5.41, 5.74) is 1.06. The number of ether oxygens (including phenoxy) is 2. The number of methoxy groups -OCH3 is 1. The zero-order chi connectivity index (χ0) is 21.9. The molecule has 1 fully saturated rings. The lowest BCUT2D eigenvalue weighted by molar-refractivity contribution is 0.0470. The van der Waals surface area contributed by atoms with Crippen LogP contribution in [0.4, 0.5) is 0 Å². The molecule has 0 saturated carbocycles. The van der Waals surface area contributed by atoms with Crippen LogP contribution in [-0.4, -0.2) is 44.7 Å². The summed E-state index contributed by atoms with van der Waals surface area (Å²) in [6.45, 7) is 2.16. The van der Waals surface area contributed by atoms with Gasteiger partial charge in [-0.3, -0.25) is 4.79 Å². The first-order chi connectivity index (χ1) is 14.2. The maximum atomic E-state index is 12.8. The normalized spacial score (nSPS) is 14.5. The molecule has 0 amide bonds. The summed E-state index contributed by atoms with van der Waals surface area (Å²) in [6.07, 6.45) is 1.58. The minimum Gasteiger partial charge on any atom is -0.496 e. The zero-order valence-corrected chi connectivity index (χ0v) is 18.3. The molecule has 30 heavy (non-hydrogen) atoms. The monoisotopic (exact) mass is 451 g/mol. The Morgan fingerprint density at radius 3 is 2.37 bits per heavy atom. The highest BCUT2D eigenvalue weighted by Gasteiger charge is 2.30. The molecule has 0 bridgehead atoms. The van der Waals surface area contributed by atoms with Gasteiger partial charge in [-0.1, -0.05) is 11.6 Å². The Morgan fingerprint density at radius 2 is 1.73 bits per heavy atom. The van der Waals surface area contributed by atoms with E-state index < -0.39 is 16.0 Å². The first-order valence-corrected chi connectivity index (χ1v) is 11.2. The fraction of sp³-hybridized carbons (Fsp3) is 0.333. The molecule has 160 valence electrons. The molecule has 9 heteroatoms. The van der Waals surface area contributed by atoms with E-state index in [4.69, 9.17) is 21.1 Å². The summed E-state index contributed by atoms with van der Waals surface area (Å²) in [5.74, 6) is -0.360. The molecule has 7 nitrogen and oxygen atoms in total. The minimum atomic E-state index is -3.78. The second-order valence-electron chi connectivity index (χ2n) is 6.92. The third kappa shape index (κ3) is 4.66. The maximum absolute atomic E-state index is 12.8. The highest BCUT2D eigenvalue weighted by atomic mass is 35.5. The summed E-state index contributed by atoms with van der Waals surface area (Å²) < 4.78 is 37.6. The fourth-order valence-corrected chi connectivity index (χ4v) is 5.25. The van der Waals surface area contributed by atoms with Gasteiger partial charge < -0.3 is 9.47 Å². The predicted octanol–water partition coefficient (Wildman–Crippen LogP) is 3.69. The van der Waals surface area contributed by atoms with Crippen molar-refractivity contribution in [1.82, 2.24) is 4.31 Å². The van der Waals surface area contributed by atoms with Crippen molar-refractivity contribution in [3.8, 4) is 5.75 Å². The molecular formula is C21H22ClNO6S. The van der Waals surface area contributed by atoms with Gasteiger partial charge in [0.15, 0.2) is 5.78 Å². The number of sulfonamides is 1. The average Bonchev–Trinajstić information content (AvgIpc) is 3.27. The second-order valence-corrected chi connectivity index (χ2v) is 9.23. The standard InChI is InChI=1S/C21H22ClNO6S/c1-14(24)15-6-8-19(28-2)17(11-15)13-29-21(25)16-5-7-18(22)20(12-16)30(26,27)23-9-3-4-10-23/h5-8,11-12H,3-4,9-10,13H2,1-2H3. The number of esters is 1. The Kier molecular flexibility index (Phi) is 6.80. The highest BCUT2D eigenvalue weighted by Crippen LogP contribution is 2.29. The Morgan fingerprint density at radius 1 is 1.07 bits per heavy atom. The van der Waals surface area contributed by atoms with Gasteiger partial charge >= 0.3 is 5.97 Å². The van der Waals surface area contributed by atoms with Crippen molar-refractivity contribution in [2.45, 2.75) is 31.3 Å². The van der Waals surface area contributed by atoms with Crippen LogP contribution < -0.4 is 4.74 Å². The van der Waals surface area contributed by atoms with Gasteiger partial charge in [-0.15, -0.1) is 0 Å². The van der Waals surface area contributed by atoms with E-state index in [0.717, 1.165) is 12.8 Å². The van der Waals surface area contributed by atoms with Crippen LogP contribution in [0.15, 0.2) is 41.3 Å². The Hall–Kier alpha value is -2.42. The van der Waals surface area contributed by atoms with Gasteiger partial charge in [0.05, 0.1) is 17.7 Å². The molecule has 1 aliphatic heterocycles. The topological polar surface area (TPSA) is 90.0 Å². The van der Waals surface area contributed by atoms with Crippen molar-refractivity contribution in [3.05, 3.63) is 58.1 Å². The molecule has 0 unspecified atom stereocenters. The van der Waals surface area contributed by atoms with Crippen molar-refractivity contribution < 1.29 is 27.5 Å². The van der Waals surface area contributed by atoms with Gasteiger partial charge in [-0.25, -0.2) is 13.2 Å². The predicted molar refractivity (Wildman–Crippen MR) is 112 cm³/mol. The van der Waals surface area contributed by atoms with E-state index >= 15 is 0 Å². The molecule has 1 aliphatic rings. The lowest BCUT2D eigenvalue weighted by atomic mass is 10.1. The Labute approximate surface area is 180 Å². The Balaban J connectivity index is 1.82. The molecule has 2 aromatic carbocycles. The van der Waals surface area contributed by atoms with E-state index in [9.17, 15) is 18.0 Å². The van der Waals surface area contributed by atoms with E-state index in [1.165, 1.54) is 36.5 Å². The number of Topliss-reactive ketones (excluding diaryl/α,β-unsaturated/α-hetero) is 1. The quantitative estimate of drug-likeness (QED) is 0.471. The first kappa shape index (κ1) is 22.3. The molecule has 0 aromatic heterocycles. The van der Waals surface area contributed by atoms with E-state index in [2.05, 4.69) is 0 Å². The molecule has 0 radical (unpaired) electrons. The summed E-state index contributed by atoms with van der Waals surface area (Å²) >= 11 is 6.12. The Bertz CT molecular complexity index is 1080. The minimum absolute atomic E-state index is 0.0503. The molecule has 0 N–H and O–H groups in total. The number of halogens is 1. The molecule has 0 atom stereocenters. The van der Waals surface area contributed by atoms with Crippen molar-refractivity contribution in [2.24, 2.45) is 0 Å². The maximum Gasteiger partial charge on any atom is 0.338 e. The van der Waals surface area contributed by atoms with Gasteiger partial charge in [0.25, 0.3) is 0 Å². The van der Waals surface area contributed by atoms with E-state index in [1.807, 2.05) is 0 Å². The molecule has 2 aromatic rings. The van der Waals surface area contributed by atoms with Crippen LogP contribution >= 0.6 is 11.6 Å². The molecule has 0 spiro atoms. The average molecular weight is 452 g/mol. The van der Waals surface area contributed by atoms with Gasteiger partial charge in [-0.05, 0) is 56.2 Å². The summed E-state index contributed by atoms with van der Waals surface area (Å²) in [7, 11) is -2.31. The van der Waals surface area contributed by atoms with Crippen LogP contribution in [0, 0.1) is 0 Å². The summed E-state index contributed by atoms with van der Waals surface area (Å²) in [5, 5.41) is 0.0503. The third-order valence-electron chi connectivity index (χ3n) is 4.90. The number of carbonyl (C=O) groups is 2. The molecule has 0 aliphatic carbocycles. The van der Waals surface area contributed by atoms with Crippen molar-refractivity contribution >= 4 is 33.4 Å². The molecule has 1 heterocycles. The van der Waals surface area contributed by atoms with Crippen LogP contribution in [-0.2, 0) is 21.4 Å². The number of hydrogen-bond donors (Lipinski definition) is 0. The smallest absolute Gasteiger partial charge is 0.338 e. The molecular weight excluding hydrogens is 430 g/mol. The van der Waals surface area contributed by atoms with Crippen LogP contribution in [0.2, 0.25) is 5.02 Å². The lowest BCUT2D eigenvalue weighted by Crippen LogP contribution is -2.28. The number of hydrogen-bond acceptors (Lipinski definition) is 6. The SMILES string of the molecule is COc1ccc(C(C)=O)cc1COC(=O)c1ccc(Cl)c(S(=O)(=O)N2CCCC2)c1. The number of nitrogens with zero attached hydrogens (tertiary/aromatic N) is 1. The van der Waals surface area contributed by atoms with E-state index in [1.54, 1.807) is 18.2 Å². The van der Waals surface area contributed by atoms with Crippen molar-refractivity contribution in [3.63, 3.8) is 0 Å². The summed E-state index contributed by atoms with van der Waals surface area (Å²) in [6, 6.07) is 8.88. The van der Waals surface area contributed by atoms with Crippen LogP contribution in [0.3, 0.4) is 0 Å². The number of benzene rings is 2. The zero-order valence-electron chi connectivity index (χ0n) is 16.7. The van der Waals surface area contributed by atoms with Gasteiger partial charge in [0.2, 0.25) is 10.0 Å². The van der Waals surface area contributed by atoms with E-state index in [-0.39, 0.29) is 27.9 Å². The van der Waals surface area contributed by atoms with Crippen molar-refractivity contribution in [1.29, 1.82) is 0 Å². The largest absolute Gasteiger partial charge is 0.496 e. The van der Waals surface area contributed by atoms with Gasteiger partial charge in [-0.2, -0.15) is 4.31 Å². The number of rotatable bonds is 7.